The van der Waals surface area contributed by atoms with Crippen molar-refractivity contribution in [3.8, 4) is 11.5 Å². The summed E-state index contributed by atoms with van der Waals surface area (Å²) in [5, 5.41) is 0. The minimum Gasteiger partial charge on any atom is -0.493 e. The molecule has 6 heteroatoms. The first-order valence-electron chi connectivity index (χ1n) is 5.75. The molecule has 0 heterocycles. The Morgan fingerprint density at radius 1 is 1.21 bits per heavy atom. The first-order chi connectivity index (χ1) is 8.99. The third kappa shape index (κ3) is 3.87. The number of carbonyl (C=O) groups excluding carboxylic acids is 2. The molecule has 2 N–H and O–H groups in total. The van der Waals surface area contributed by atoms with Crippen molar-refractivity contribution in [2.75, 3.05) is 27.8 Å². The van der Waals surface area contributed by atoms with Crippen molar-refractivity contribution >= 4 is 11.8 Å². The first kappa shape index (κ1) is 14.8. The summed E-state index contributed by atoms with van der Waals surface area (Å²) in [5.74, 6) is -0.369. The smallest absolute Gasteiger partial charge is 0.311 e. The Labute approximate surface area is 112 Å². The van der Waals surface area contributed by atoms with Crippen molar-refractivity contribution in [3.63, 3.8) is 0 Å². The molecule has 0 bridgehead atoms. The second kappa shape index (κ2) is 6.63. The number of nitrogens with zero attached hydrogens (tertiary/aromatic N) is 1. The van der Waals surface area contributed by atoms with Gasteiger partial charge in [-0.15, -0.1) is 0 Å². The lowest BCUT2D eigenvalue weighted by Crippen LogP contribution is -2.38. The number of primary amides is 1. The lowest BCUT2D eigenvalue weighted by molar-refractivity contribution is -0.143. The predicted octanol–water partition coefficient (Wildman–Crippen LogP) is 0.190. The third-order valence-corrected chi connectivity index (χ3v) is 2.74. The van der Waals surface area contributed by atoms with Gasteiger partial charge in [0.2, 0.25) is 0 Å². The quantitative estimate of drug-likeness (QED) is 0.771. The van der Waals surface area contributed by atoms with Crippen LogP contribution in [0, 0.1) is 0 Å². The number of carbonyl (C=O) groups is 2. The molecule has 1 rings (SSSR count). The van der Waals surface area contributed by atoms with Crippen LogP contribution in [0.2, 0.25) is 0 Å². The van der Waals surface area contributed by atoms with Gasteiger partial charge in [-0.3, -0.25) is 9.59 Å². The fourth-order valence-electron chi connectivity index (χ4n) is 1.62. The van der Waals surface area contributed by atoms with Crippen molar-refractivity contribution < 1.29 is 19.1 Å². The zero-order chi connectivity index (χ0) is 14.4. The topological polar surface area (TPSA) is 81.9 Å². The van der Waals surface area contributed by atoms with Crippen LogP contribution in [0.25, 0.3) is 0 Å². The molecule has 0 atom stereocenters. The zero-order valence-electron chi connectivity index (χ0n) is 11.3. The molecule has 104 valence electrons. The zero-order valence-corrected chi connectivity index (χ0v) is 11.3. The largest absolute Gasteiger partial charge is 0.493 e. The molecular formula is C13H18N2O4. The molecular weight excluding hydrogens is 248 g/mol. The molecule has 0 saturated carbocycles. The van der Waals surface area contributed by atoms with Gasteiger partial charge < -0.3 is 20.1 Å². The number of nitrogens with two attached hydrogens (primary N) is 1. The normalized spacial score (nSPS) is 9.84. The van der Waals surface area contributed by atoms with Crippen LogP contribution in [-0.4, -0.2) is 44.5 Å². The molecule has 0 saturated heterocycles. The standard InChI is InChI=1S/C13H18N2O4/c1-15(13(17)12(14)16)7-6-9-4-5-10(18-2)11(8-9)19-3/h4-5,8H,6-7H2,1-3H3,(H2,14,16). The maximum absolute atomic E-state index is 11.3. The lowest BCUT2D eigenvalue weighted by atomic mass is 10.1. The molecule has 0 unspecified atom stereocenters. The number of rotatable bonds is 5. The number of hydrogen-bond donors (Lipinski definition) is 1. The van der Waals surface area contributed by atoms with Gasteiger partial charge >= 0.3 is 11.8 Å². The summed E-state index contributed by atoms with van der Waals surface area (Å²) in [6.45, 7) is 0.400. The second-order valence-corrected chi connectivity index (χ2v) is 4.03. The fraction of sp³-hybridized carbons (Fsp3) is 0.385. The second-order valence-electron chi connectivity index (χ2n) is 4.03. The van der Waals surface area contributed by atoms with Gasteiger partial charge in [-0.25, -0.2) is 0 Å². The lowest BCUT2D eigenvalue weighted by Gasteiger charge is -2.15. The minimum absolute atomic E-state index is 0.400. The van der Waals surface area contributed by atoms with Crippen LogP contribution in [0.3, 0.4) is 0 Å². The minimum atomic E-state index is -0.949. The highest BCUT2D eigenvalue weighted by Gasteiger charge is 2.14. The van der Waals surface area contributed by atoms with Gasteiger partial charge in [-0.2, -0.15) is 0 Å². The average Bonchev–Trinajstić information content (AvgIpc) is 2.43. The van der Waals surface area contributed by atoms with E-state index in [-0.39, 0.29) is 0 Å². The maximum atomic E-state index is 11.3. The van der Waals surface area contributed by atoms with E-state index < -0.39 is 11.8 Å². The molecule has 0 aliphatic carbocycles. The summed E-state index contributed by atoms with van der Waals surface area (Å²) in [6, 6.07) is 5.51. The van der Waals surface area contributed by atoms with Crippen LogP contribution >= 0.6 is 0 Å². The molecule has 0 spiro atoms. The molecule has 0 radical (unpaired) electrons. The Morgan fingerprint density at radius 2 is 1.84 bits per heavy atom. The number of hydrogen-bond acceptors (Lipinski definition) is 4. The van der Waals surface area contributed by atoms with Crippen molar-refractivity contribution in [1.29, 1.82) is 0 Å². The Morgan fingerprint density at radius 3 is 2.37 bits per heavy atom. The van der Waals surface area contributed by atoms with Crippen molar-refractivity contribution in [1.82, 2.24) is 4.90 Å². The molecule has 6 nitrogen and oxygen atoms in total. The number of amides is 2. The molecule has 2 amide bonds. The summed E-state index contributed by atoms with van der Waals surface area (Å²) >= 11 is 0. The predicted molar refractivity (Wildman–Crippen MR) is 70.1 cm³/mol. The first-order valence-corrected chi connectivity index (χ1v) is 5.75. The summed E-state index contributed by atoms with van der Waals surface area (Å²) in [7, 11) is 4.66. The van der Waals surface area contributed by atoms with Crippen LogP contribution in [0.1, 0.15) is 5.56 Å². The van der Waals surface area contributed by atoms with E-state index in [9.17, 15) is 9.59 Å². The van der Waals surface area contributed by atoms with E-state index in [1.807, 2.05) is 12.1 Å². The highest BCUT2D eigenvalue weighted by molar-refractivity contribution is 6.34. The van der Waals surface area contributed by atoms with Gasteiger partial charge in [-0.1, -0.05) is 6.07 Å². The van der Waals surface area contributed by atoms with Crippen LogP contribution in [0.4, 0.5) is 0 Å². The Kier molecular flexibility index (Phi) is 5.17. The summed E-state index contributed by atoms with van der Waals surface area (Å²) in [4.78, 5) is 23.3. The fourth-order valence-corrected chi connectivity index (χ4v) is 1.62. The van der Waals surface area contributed by atoms with Crippen molar-refractivity contribution in [2.45, 2.75) is 6.42 Å². The van der Waals surface area contributed by atoms with Gasteiger partial charge in [0.25, 0.3) is 0 Å². The van der Waals surface area contributed by atoms with E-state index >= 15 is 0 Å². The van der Waals surface area contributed by atoms with Crippen LogP contribution in [0.5, 0.6) is 11.5 Å². The van der Waals surface area contributed by atoms with E-state index in [1.165, 1.54) is 11.9 Å². The Hall–Kier alpha value is -2.24. The molecule has 0 fully saturated rings. The van der Waals surface area contributed by atoms with E-state index in [0.717, 1.165) is 5.56 Å². The molecule has 1 aromatic carbocycles. The van der Waals surface area contributed by atoms with Gasteiger partial charge in [0.05, 0.1) is 14.2 Å². The average molecular weight is 266 g/mol. The molecule has 1 aromatic rings. The van der Waals surface area contributed by atoms with E-state index in [0.29, 0.717) is 24.5 Å². The highest BCUT2D eigenvalue weighted by Crippen LogP contribution is 2.27. The molecule has 19 heavy (non-hydrogen) atoms. The monoisotopic (exact) mass is 266 g/mol. The number of ether oxygens (including phenoxy) is 2. The van der Waals surface area contributed by atoms with Crippen LogP contribution in [-0.2, 0) is 16.0 Å². The summed E-state index contributed by atoms with van der Waals surface area (Å²) in [5.41, 5.74) is 5.90. The molecule has 0 aromatic heterocycles. The van der Waals surface area contributed by atoms with E-state index in [1.54, 1.807) is 20.3 Å². The van der Waals surface area contributed by atoms with E-state index in [2.05, 4.69) is 0 Å². The Balaban J connectivity index is 2.68. The number of methoxy groups -OCH3 is 2. The van der Waals surface area contributed by atoms with Gasteiger partial charge in [0, 0.05) is 13.6 Å². The SMILES string of the molecule is COc1ccc(CCN(C)C(=O)C(N)=O)cc1OC. The van der Waals surface area contributed by atoms with E-state index in [4.69, 9.17) is 15.2 Å². The van der Waals surface area contributed by atoms with Crippen LogP contribution in [0.15, 0.2) is 18.2 Å². The van der Waals surface area contributed by atoms with Gasteiger partial charge in [0.1, 0.15) is 0 Å². The highest BCUT2D eigenvalue weighted by atomic mass is 16.5. The molecule has 0 aliphatic rings. The Bertz CT molecular complexity index is 474. The molecule has 0 aliphatic heterocycles. The summed E-state index contributed by atoms with van der Waals surface area (Å²) in [6.07, 6.45) is 0.593. The summed E-state index contributed by atoms with van der Waals surface area (Å²) < 4.78 is 10.3. The van der Waals surface area contributed by atoms with Crippen LogP contribution < -0.4 is 15.2 Å². The van der Waals surface area contributed by atoms with Gasteiger partial charge in [-0.05, 0) is 24.1 Å². The van der Waals surface area contributed by atoms with Crippen molar-refractivity contribution in [3.05, 3.63) is 23.8 Å². The number of likely N-dealkylation sites (N-methyl/N-ethyl adjacent to an activating group) is 1. The number of benzene rings is 1. The van der Waals surface area contributed by atoms with Gasteiger partial charge in [0.15, 0.2) is 11.5 Å². The van der Waals surface area contributed by atoms with Crippen molar-refractivity contribution in [2.24, 2.45) is 5.73 Å². The maximum Gasteiger partial charge on any atom is 0.311 e. The third-order valence-electron chi connectivity index (χ3n) is 2.74.